The number of amides is 1. The first kappa shape index (κ1) is 24.4. The number of carbonyl (C=O) groups excluding carboxylic acids is 1. The zero-order chi connectivity index (χ0) is 25.1. The van der Waals surface area contributed by atoms with Gasteiger partial charge in [-0.1, -0.05) is 18.2 Å². The van der Waals surface area contributed by atoms with E-state index in [1.807, 2.05) is 25.1 Å². The molecule has 1 amide bonds. The molecule has 1 aliphatic heterocycles. The fourth-order valence-corrected chi connectivity index (χ4v) is 6.15. The van der Waals surface area contributed by atoms with Crippen LogP contribution in [0.2, 0.25) is 0 Å². The quantitative estimate of drug-likeness (QED) is 0.439. The normalized spacial score (nSPS) is 20.7. The molecule has 1 saturated heterocycles. The largest absolute Gasteiger partial charge is 0.494 e. The van der Waals surface area contributed by atoms with Crippen LogP contribution >= 0.6 is 0 Å². The molecule has 0 bridgehead atoms. The Morgan fingerprint density at radius 1 is 1.03 bits per heavy atom. The molecule has 8 nitrogen and oxygen atoms in total. The Morgan fingerprint density at radius 2 is 1.75 bits per heavy atom. The van der Waals surface area contributed by atoms with Crippen molar-refractivity contribution >= 4 is 15.9 Å². The number of nitrogens with one attached hydrogen (secondary N) is 2. The van der Waals surface area contributed by atoms with Crippen LogP contribution in [0.4, 0.5) is 0 Å². The summed E-state index contributed by atoms with van der Waals surface area (Å²) < 4.78 is 34.0. The standard InChI is InChI=1S/C27H30N4O4S/c1-2-35-22-10-12-23(13-11-22)36(33,34)31(18-21-5-3-4-14-29-21)17-19-6-8-20(9-7-19)27(32)30-26-24-15-28-16-25(24)26/h3-14,24-26,28H,2,15-18H2,1H3,(H,30,32)/t24-,25+,26+. The highest BCUT2D eigenvalue weighted by atomic mass is 32.2. The van der Waals surface area contributed by atoms with Gasteiger partial charge in [0.1, 0.15) is 5.75 Å². The summed E-state index contributed by atoms with van der Waals surface area (Å²) in [5.41, 5.74) is 2.00. The van der Waals surface area contributed by atoms with E-state index in [0.717, 1.165) is 18.7 Å². The van der Waals surface area contributed by atoms with Gasteiger partial charge >= 0.3 is 0 Å². The number of hydrogen-bond acceptors (Lipinski definition) is 6. The number of rotatable bonds is 10. The van der Waals surface area contributed by atoms with Gasteiger partial charge in [0.05, 0.1) is 23.7 Å². The molecule has 2 aliphatic rings. The van der Waals surface area contributed by atoms with Crippen molar-refractivity contribution in [3.8, 4) is 5.75 Å². The molecule has 2 N–H and O–H groups in total. The molecule has 1 aliphatic carbocycles. The minimum absolute atomic E-state index is 0.0895. The van der Waals surface area contributed by atoms with E-state index < -0.39 is 10.0 Å². The van der Waals surface area contributed by atoms with Crippen molar-refractivity contribution in [1.82, 2.24) is 19.9 Å². The van der Waals surface area contributed by atoms with Crippen molar-refractivity contribution in [2.24, 2.45) is 11.8 Å². The molecule has 3 atom stereocenters. The topological polar surface area (TPSA) is 101 Å². The van der Waals surface area contributed by atoms with Crippen LogP contribution in [-0.2, 0) is 23.1 Å². The van der Waals surface area contributed by atoms with Crippen LogP contribution in [0.5, 0.6) is 5.75 Å². The van der Waals surface area contributed by atoms with E-state index in [4.69, 9.17) is 4.74 Å². The Hall–Kier alpha value is -3.27. The number of nitrogens with zero attached hydrogens (tertiary/aromatic N) is 2. The molecule has 1 aromatic heterocycles. The lowest BCUT2D eigenvalue weighted by molar-refractivity contribution is 0.0946. The minimum atomic E-state index is -3.82. The highest BCUT2D eigenvalue weighted by Gasteiger charge is 2.53. The lowest BCUT2D eigenvalue weighted by Gasteiger charge is -2.22. The maximum absolute atomic E-state index is 13.6. The fourth-order valence-electron chi connectivity index (χ4n) is 4.75. The smallest absolute Gasteiger partial charge is 0.251 e. The van der Waals surface area contributed by atoms with E-state index in [9.17, 15) is 13.2 Å². The van der Waals surface area contributed by atoms with Crippen LogP contribution in [-0.4, -0.2) is 49.4 Å². The summed E-state index contributed by atoms with van der Waals surface area (Å²) in [5, 5.41) is 6.44. The zero-order valence-electron chi connectivity index (χ0n) is 20.1. The molecule has 0 spiro atoms. The van der Waals surface area contributed by atoms with Gasteiger partial charge in [0.25, 0.3) is 5.91 Å². The molecule has 2 heterocycles. The van der Waals surface area contributed by atoms with Gasteiger partial charge in [0.15, 0.2) is 0 Å². The average molecular weight is 507 g/mol. The minimum Gasteiger partial charge on any atom is -0.494 e. The third-order valence-electron chi connectivity index (χ3n) is 6.80. The summed E-state index contributed by atoms with van der Waals surface area (Å²) >= 11 is 0. The second-order valence-electron chi connectivity index (χ2n) is 9.18. The SMILES string of the molecule is CCOc1ccc(S(=O)(=O)N(Cc2ccc(C(=O)N[C@H]3[C@@H]4CNC[C@@H]43)cc2)Cc2ccccn2)cc1. The Labute approximate surface area is 211 Å². The Kier molecular flexibility index (Phi) is 7.04. The monoisotopic (exact) mass is 506 g/mol. The lowest BCUT2D eigenvalue weighted by atomic mass is 10.1. The summed E-state index contributed by atoms with van der Waals surface area (Å²) in [7, 11) is -3.82. The van der Waals surface area contributed by atoms with Crippen LogP contribution in [0.25, 0.3) is 0 Å². The number of sulfonamides is 1. The summed E-state index contributed by atoms with van der Waals surface area (Å²) in [6.45, 7) is 4.57. The maximum atomic E-state index is 13.6. The maximum Gasteiger partial charge on any atom is 0.251 e. The average Bonchev–Trinajstić information content (AvgIpc) is 3.29. The zero-order valence-corrected chi connectivity index (χ0v) is 20.9. The number of piperidine rings is 1. The number of hydrogen-bond donors (Lipinski definition) is 2. The highest BCUT2D eigenvalue weighted by Crippen LogP contribution is 2.41. The van der Waals surface area contributed by atoms with Gasteiger partial charge in [0, 0.05) is 37.4 Å². The van der Waals surface area contributed by atoms with Crippen LogP contribution in [0, 0.1) is 11.8 Å². The Morgan fingerprint density at radius 3 is 2.39 bits per heavy atom. The van der Waals surface area contributed by atoms with Gasteiger partial charge in [-0.25, -0.2) is 8.42 Å². The van der Waals surface area contributed by atoms with Crippen LogP contribution in [0.15, 0.2) is 77.8 Å². The third-order valence-corrected chi connectivity index (χ3v) is 8.61. The lowest BCUT2D eigenvalue weighted by Crippen LogP contribution is -2.32. The van der Waals surface area contributed by atoms with Gasteiger partial charge in [0.2, 0.25) is 10.0 Å². The van der Waals surface area contributed by atoms with E-state index in [1.165, 1.54) is 4.31 Å². The molecular formula is C27H30N4O4S. The predicted octanol–water partition coefficient (Wildman–Crippen LogP) is 2.82. The van der Waals surface area contributed by atoms with Crippen molar-refractivity contribution < 1.29 is 17.9 Å². The Balaban J connectivity index is 1.32. The second kappa shape index (κ2) is 10.4. The molecule has 0 unspecified atom stereocenters. The van der Waals surface area contributed by atoms with Crippen molar-refractivity contribution in [2.75, 3.05) is 19.7 Å². The second-order valence-corrected chi connectivity index (χ2v) is 11.1. The first-order valence-corrected chi connectivity index (χ1v) is 13.6. The molecule has 0 radical (unpaired) electrons. The molecule has 3 aromatic rings. The van der Waals surface area contributed by atoms with Crippen molar-refractivity contribution in [2.45, 2.75) is 31.0 Å². The van der Waals surface area contributed by atoms with Crippen LogP contribution in [0.3, 0.4) is 0 Å². The van der Waals surface area contributed by atoms with Gasteiger partial charge in [-0.3, -0.25) is 9.78 Å². The fraction of sp³-hybridized carbons (Fsp3) is 0.333. The molecule has 188 valence electrons. The summed E-state index contributed by atoms with van der Waals surface area (Å²) in [6.07, 6.45) is 1.65. The number of ether oxygens (including phenoxy) is 1. The molecular weight excluding hydrogens is 476 g/mol. The van der Waals surface area contributed by atoms with Crippen molar-refractivity contribution in [3.63, 3.8) is 0 Å². The molecule has 9 heteroatoms. The van der Waals surface area contributed by atoms with E-state index in [0.29, 0.717) is 35.4 Å². The van der Waals surface area contributed by atoms with E-state index in [1.54, 1.807) is 54.7 Å². The Bertz CT molecular complexity index is 1290. The van der Waals surface area contributed by atoms with Gasteiger partial charge in [-0.2, -0.15) is 4.31 Å². The number of aromatic nitrogens is 1. The number of pyridine rings is 1. The van der Waals surface area contributed by atoms with E-state index in [2.05, 4.69) is 15.6 Å². The van der Waals surface area contributed by atoms with Crippen LogP contribution in [0.1, 0.15) is 28.5 Å². The number of fused-ring (bicyclic) bond motifs is 1. The predicted molar refractivity (Wildman–Crippen MR) is 136 cm³/mol. The van der Waals surface area contributed by atoms with Crippen molar-refractivity contribution in [1.29, 1.82) is 0 Å². The summed E-state index contributed by atoms with van der Waals surface area (Å²) in [4.78, 5) is 17.2. The van der Waals surface area contributed by atoms with Gasteiger partial charge in [-0.05, 0) is 72.9 Å². The molecule has 5 rings (SSSR count). The summed E-state index contributed by atoms with van der Waals surface area (Å²) in [5.74, 6) is 1.61. The first-order valence-electron chi connectivity index (χ1n) is 12.2. The number of benzene rings is 2. The molecule has 2 fully saturated rings. The first-order chi connectivity index (χ1) is 17.5. The molecule has 1 saturated carbocycles. The number of carbonyl (C=O) groups is 1. The molecule has 36 heavy (non-hydrogen) atoms. The van der Waals surface area contributed by atoms with Crippen LogP contribution < -0.4 is 15.4 Å². The highest BCUT2D eigenvalue weighted by molar-refractivity contribution is 7.89. The summed E-state index contributed by atoms with van der Waals surface area (Å²) in [6, 6.07) is 19.2. The molecule has 2 aromatic carbocycles. The van der Waals surface area contributed by atoms with Crippen molar-refractivity contribution in [3.05, 3.63) is 89.7 Å². The van der Waals surface area contributed by atoms with E-state index >= 15 is 0 Å². The third kappa shape index (κ3) is 5.28. The van der Waals surface area contributed by atoms with Gasteiger partial charge in [-0.15, -0.1) is 0 Å². The van der Waals surface area contributed by atoms with E-state index in [-0.39, 0.29) is 29.9 Å². The van der Waals surface area contributed by atoms with Gasteiger partial charge < -0.3 is 15.4 Å².